The third-order valence-electron chi connectivity index (χ3n) is 3.33. The highest BCUT2D eigenvalue weighted by Crippen LogP contribution is 2.20. The molecule has 2 aromatic carbocycles. The number of rotatable bonds is 5. The molecule has 106 valence electrons. The summed E-state index contributed by atoms with van der Waals surface area (Å²) in [4.78, 5) is 0. The molecule has 0 saturated carbocycles. The lowest BCUT2D eigenvalue weighted by molar-refractivity contribution is 0.414. The van der Waals surface area contributed by atoms with Crippen molar-refractivity contribution in [1.29, 1.82) is 0 Å². The second-order valence-corrected chi connectivity index (χ2v) is 4.75. The van der Waals surface area contributed by atoms with Crippen molar-refractivity contribution in [3.8, 4) is 17.0 Å². The van der Waals surface area contributed by atoms with Crippen molar-refractivity contribution in [3.05, 3.63) is 66.4 Å². The number of ether oxygens (including phenoxy) is 1. The molecule has 0 bridgehead atoms. The molecule has 0 radical (unpaired) electrons. The summed E-state index contributed by atoms with van der Waals surface area (Å²) in [5.41, 5.74) is 4.42. The molecule has 1 aromatic heterocycles. The van der Waals surface area contributed by atoms with Gasteiger partial charge in [-0.1, -0.05) is 24.3 Å². The molecular weight excluding hydrogens is 262 g/mol. The first-order chi connectivity index (χ1) is 10.3. The molecule has 0 aliphatic carbocycles. The summed E-state index contributed by atoms with van der Waals surface area (Å²) in [6.45, 7) is 0.764. The molecule has 3 aromatic rings. The van der Waals surface area contributed by atoms with Crippen LogP contribution in [0.1, 0.15) is 5.56 Å². The summed E-state index contributed by atoms with van der Waals surface area (Å²) < 4.78 is 5.23. The predicted octanol–water partition coefficient (Wildman–Crippen LogP) is 3.70. The highest BCUT2D eigenvalue weighted by Gasteiger charge is 2.00. The second-order valence-electron chi connectivity index (χ2n) is 4.75. The average Bonchev–Trinajstić information content (AvgIpc) is 3.08. The Morgan fingerprint density at radius 3 is 2.67 bits per heavy atom. The number of nitrogens with one attached hydrogen (secondary N) is 2. The van der Waals surface area contributed by atoms with Gasteiger partial charge in [-0.15, -0.1) is 0 Å². The molecule has 21 heavy (non-hydrogen) atoms. The lowest BCUT2D eigenvalue weighted by Gasteiger charge is -2.08. The Kier molecular flexibility index (Phi) is 3.87. The van der Waals surface area contributed by atoms with Gasteiger partial charge in [-0.2, -0.15) is 5.10 Å². The molecule has 0 aliphatic heterocycles. The molecule has 0 atom stereocenters. The first-order valence-corrected chi connectivity index (χ1v) is 6.82. The molecular formula is C17H17N3O. The lowest BCUT2D eigenvalue weighted by Crippen LogP contribution is -1.99. The van der Waals surface area contributed by atoms with Gasteiger partial charge in [0, 0.05) is 18.4 Å². The number of nitrogens with zero attached hydrogens (tertiary/aromatic N) is 1. The van der Waals surface area contributed by atoms with Gasteiger partial charge < -0.3 is 10.1 Å². The molecule has 4 heteroatoms. The maximum absolute atomic E-state index is 5.23. The summed E-state index contributed by atoms with van der Waals surface area (Å²) in [5.74, 6) is 0.879. The zero-order valence-electron chi connectivity index (χ0n) is 11.8. The minimum absolute atomic E-state index is 0.764. The van der Waals surface area contributed by atoms with Gasteiger partial charge >= 0.3 is 0 Å². The van der Waals surface area contributed by atoms with Crippen LogP contribution in [0, 0.1) is 0 Å². The third-order valence-corrected chi connectivity index (χ3v) is 3.33. The van der Waals surface area contributed by atoms with Gasteiger partial charge in [0.05, 0.1) is 12.8 Å². The molecule has 0 unspecified atom stereocenters. The Labute approximate surface area is 123 Å². The summed E-state index contributed by atoms with van der Waals surface area (Å²) in [6.07, 6.45) is 1.75. The fourth-order valence-corrected chi connectivity index (χ4v) is 2.17. The van der Waals surface area contributed by atoms with Crippen LogP contribution >= 0.6 is 0 Å². The van der Waals surface area contributed by atoms with Crippen LogP contribution in [0.5, 0.6) is 5.75 Å². The maximum Gasteiger partial charge on any atom is 0.119 e. The molecule has 0 fully saturated rings. The van der Waals surface area contributed by atoms with Crippen LogP contribution in [0.3, 0.4) is 0 Å². The summed E-state index contributed by atoms with van der Waals surface area (Å²) >= 11 is 0. The van der Waals surface area contributed by atoms with E-state index in [1.807, 2.05) is 24.3 Å². The van der Waals surface area contributed by atoms with E-state index in [0.717, 1.165) is 29.2 Å². The van der Waals surface area contributed by atoms with Crippen LogP contribution in [0.15, 0.2) is 60.8 Å². The quantitative estimate of drug-likeness (QED) is 0.748. The Balaban J connectivity index is 1.65. The fourth-order valence-electron chi connectivity index (χ4n) is 2.17. The Morgan fingerprint density at radius 1 is 1.10 bits per heavy atom. The van der Waals surface area contributed by atoms with E-state index < -0.39 is 0 Å². The van der Waals surface area contributed by atoms with E-state index in [1.54, 1.807) is 13.3 Å². The Hall–Kier alpha value is -2.75. The highest BCUT2D eigenvalue weighted by molar-refractivity contribution is 5.62. The number of methoxy groups -OCH3 is 1. The standard InChI is InChI=1S/C17H17N3O/c1-21-16-4-2-3-13(11-16)12-18-15-7-5-14(6-8-15)17-9-10-19-20-17/h2-11,18H,12H2,1H3,(H,19,20). The van der Waals surface area contributed by atoms with Gasteiger partial charge in [0.25, 0.3) is 0 Å². The Bertz CT molecular complexity index is 690. The van der Waals surface area contributed by atoms with Crippen LogP contribution in [0.4, 0.5) is 5.69 Å². The van der Waals surface area contributed by atoms with E-state index in [2.05, 4.69) is 45.8 Å². The molecule has 0 amide bonds. The number of hydrogen-bond acceptors (Lipinski definition) is 3. The van der Waals surface area contributed by atoms with E-state index in [9.17, 15) is 0 Å². The number of benzene rings is 2. The zero-order chi connectivity index (χ0) is 14.5. The van der Waals surface area contributed by atoms with Gasteiger partial charge in [0.2, 0.25) is 0 Å². The topological polar surface area (TPSA) is 49.9 Å². The zero-order valence-corrected chi connectivity index (χ0v) is 11.8. The Morgan fingerprint density at radius 2 is 1.95 bits per heavy atom. The van der Waals surface area contributed by atoms with Crippen molar-refractivity contribution >= 4 is 5.69 Å². The largest absolute Gasteiger partial charge is 0.497 e. The maximum atomic E-state index is 5.23. The smallest absolute Gasteiger partial charge is 0.119 e. The van der Waals surface area contributed by atoms with Crippen molar-refractivity contribution in [3.63, 3.8) is 0 Å². The number of aromatic amines is 1. The molecule has 3 rings (SSSR count). The summed E-state index contributed by atoms with van der Waals surface area (Å²) in [7, 11) is 1.68. The van der Waals surface area contributed by atoms with Gasteiger partial charge in [-0.25, -0.2) is 0 Å². The minimum Gasteiger partial charge on any atom is -0.497 e. The number of hydrogen-bond donors (Lipinski definition) is 2. The van der Waals surface area contributed by atoms with Crippen LogP contribution in [-0.4, -0.2) is 17.3 Å². The predicted molar refractivity (Wildman–Crippen MR) is 84.3 cm³/mol. The molecule has 0 spiro atoms. The van der Waals surface area contributed by atoms with Crippen molar-refractivity contribution in [2.75, 3.05) is 12.4 Å². The average molecular weight is 279 g/mol. The van der Waals surface area contributed by atoms with Gasteiger partial charge in [0.1, 0.15) is 5.75 Å². The van der Waals surface area contributed by atoms with Gasteiger partial charge in [-0.3, -0.25) is 5.10 Å². The summed E-state index contributed by atoms with van der Waals surface area (Å²) in [5, 5.41) is 10.3. The SMILES string of the molecule is COc1cccc(CNc2ccc(-c3ccn[nH]3)cc2)c1. The van der Waals surface area contributed by atoms with Crippen molar-refractivity contribution in [1.82, 2.24) is 10.2 Å². The highest BCUT2D eigenvalue weighted by atomic mass is 16.5. The van der Waals surface area contributed by atoms with Crippen LogP contribution in [0.2, 0.25) is 0 Å². The normalized spacial score (nSPS) is 10.3. The number of aromatic nitrogens is 2. The minimum atomic E-state index is 0.764. The monoisotopic (exact) mass is 279 g/mol. The van der Waals surface area contributed by atoms with Crippen molar-refractivity contribution in [2.24, 2.45) is 0 Å². The van der Waals surface area contributed by atoms with E-state index in [4.69, 9.17) is 4.74 Å². The first kappa shape index (κ1) is 13.2. The van der Waals surface area contributed by atoms with E-state index >= 15 is 0 Å². The van der Waals surface area contributed by atoms with Crippen molar-refractivity contribution in [2.45, 2.75) is 6.54 Å². The molecule has 0 aliphatic rings. The first-order valence-electron chi connectivity index (χ1n) is 6.82. The molecule has 4 nitrogen and oxygen atoms in total. The van der Waals surface area contributed by atoms with Crippen LogP contribution in [-0.2, 0) is 6.54 Å². The van der Waals surface area contributed by atoms with Gasteiger partial charge in [0.15, 0.2) is 0 Å². The molecule has 1 heterocycles. The summed E-state index contributed by atoms with van der Waals surface area (Å²) in [6, 6.07) is 18.3. The number of H-pyrrole nitrogens is 1. The van der Waals surface area contributed by atoms with E-state index in [0.29, 0.717) is 0 Å². The lowest BCUT2D eigenvalue weighted by atomic mass is 10.1. The second kappa shape index (κ2) is 6.13. The number of anilines is 1. The van der Waals surface area contributed by atoms with Gasteiger partial charge in [-0.05, 0) is 41.5 Å². The van der Waals surface area contributed by atoms with Crippen LogP contribution < -0.4 is 10.1 Å². The van der Waals surface area contributed by atoms with Crippen molar-refractivity contribution < 1.29 is 4.74 Å². The van der Waals surface area contributed by atoms with E-state index in [1.165, 1.54) is 5.56 Å². The van der Waals surface area contributed by atoms with E-state index in [-0.39, 0.29) is 0 Å². The third kappa shape index (κ3) is 3.23. The molecule has 0 saturated heterocycles. The molecule has 2 N–H and O–H groups in total. The van der Waals surface area contributed by atoms with Crippen LogP contribution in [0.25, 0.3) is 11.3 Å². The fraction of sp³-hybridized carbons (Fsp3) is 0.118.